The molecule has 7 heteroatoms. The van der Waals surface area contributed by atoms with Crippen molar-refractivity contribution in [3.05, 3.63) is 0 Å². The Morgan fingerprint density at radius 2 is 1.78 bits per heavy atom. The van der Waals surface area contributed by atoms with Crippen LogP contribution in [-0.4, -0.2) is 74.6 Å². The number of halogens is 1. The molecule has 1 rings (SSSR count). The predicted molar refractivity (Wildman–Crippen MR) is 75.2 cm³/mol. The molecule has 0 N–H and O–H groups in total. The fraction of sp³-hybridized carbons (Fsp3) is 1.00. The van der Waals surface area contributed by atoms with Gasteiger partial charge in [-0.1, -0.05) is 0 Å². The topological polar surface area (TPSA) is 43.9 Å². The molecule has 0 unspecified atom stereocenters. The largest absolute Gasteiger partial charge is 0.306 e. The second kappa shape index (κ2) is 7.05. The van der Waals surface area contributed by atoms with Crippen LogP contribution in [-0.2, 0) is 10.2 Å². The Kier molecular flexibility index (Phi) is 6.34. The van der Waals surface area contributed by atoms with Crippen molar-refractivity contribution >= 4 is 21.8 Å². The van der Waals surface area contributed by atoms with Gasteiger partial charge in [0.1, 0.15) is 0 Å². The first kappa shape index (κ1) is 16.2. The molecular formula is C11H24ClN3O2S. The van der Waals surface area contributed by atoms with E-state index in [0.29, 0.717) is 38.0 Å². The van der Waals surface area contributed by atoms with Crippen LogP contribution in [0.1, 0.15) is 19.3 Å². The molecule has 0 spiro atoms. The molecule has 5 nitrogen and oxygen atoms in total. The van der Waals surface area contributed by atoms with E-state index >= 15 is 0 Å². The van der Waals surface area contributed by atoms with Crippen LogP contribution < -0.4 is 0 Å². The molecule has 1 heterocycles. The van der Waals surface area contributed by atoms with E-state index in [4.69, 9.17) is 11.6 Å². The lowest BCUT2D eigenvalue weighted by atomic mass is 10.1. The van der Waals surface area contributed by atoms with E-state index in [0.717, 1.165) is 12.8 Å². The molecule has 1 saturated heterocycles. The maximum absolute atomic E-state index is 12.3. The first-order valence-electron chi connectivity index (χ1n) is 6.33. The van der Waals surface area contributed by atoms with Crippen LogP contribution in [0.3, 0.4) is 0 Å². The molecule has 0 radical (unpaired) electrons. The van der Waals surface area contributed by atoms with Crippen molar-refractivity contribution in [2.75, 3.05) is 46.7 Å². The highest BCUT2D eigenvalue weighted by Gasteiger charge is 2.31. The van der Waals surface area contributed by atoms with E-state index in [1.807, 2.05) is 14.1 Å². The zero-order valence-electron chi connectivity index (χ0n) is 11.5. The van der Waals surface area contributed by atoms with Crippen LogP contribution in [0.25, 0.3) is 0 Å². The fourth-order valence-corrected chi connectivity index (χ4v) is 3.73. The lowest BCUT2D eigenvalue weighted by Crippen LogP contribution is -2.49. The molecule has 0 atom stereocenters. The normalized spacial score (nSPS) is 19.9. The molecule has 108 valence electrons. The third kappa shape index (κ3) is 4.06. The molecule has 1 fully saturated rings. The average Bonchev–Trinajstić information content (AvgIpc) is 2.35. The van der Waals surface area contributed by atoms with Gasteiger partial charge in [-0.25, -0.2) is 0 Å². The summed E-state index contributed by atoms with van der Waals surface area (Å²) >= 11 is 5.59. The van der Waals surface area contributed by atoms with Gasteiger partial charge in [-0.05, 0) is 33.4 Å². The van der Waals surface area contributed by atoms with Crippen molar-refractivity contribution < 1.29 is 8.42 Å². The number of piperidine rings is 1. The Labute approximate surface area is 116 Å². The van der Waals surface area contributed by atoms with Gasteiger partial charge in [0.2, 0.25) is 0 Å². The van der Waals surface area contributed by atoms with Crippen LogP contribution in [0.2, 0.25) is 0 Å². The van der Waals surface area contributed by atoms with Crippen LogP contribution in [0.4, 0.5) is 0 Å². The molecular weight excluding hydrogens is 274 g/mol. The van der Waals surface area contributed by atoms with Crippen LogP contribution in [0.15, 0.2) is 0 Å². The summed E-state index contributed by atoms with van der Waals surface area (Å²) in [4.78, 5) is 2.17. The Bertz CT molecular complexity index is 340. The lowest BCUT2D eigenvalue weighted by Gasteiger charge is -2.36. The van der Waals surface area contributed by atoms with E-state index in [-0.39, 0.29) is 0 Å². The van der Waals surface area contributed by atoms with Gasteiger partial charge < -0.3 is 4.90 Å². The molecule has 18 heavy (non-hydrogen) atoms. The summed E-state index contributed by atoms with van der Waals surface area (Å²) in [6.45, 7) is 1.70. The second-order valence-electron chi connectivity index (χ2n) is 4.97. The summed E-state index contributed by atoms with van der Waals surface area (Å²) < 4.78 is 27.5. The summed E-state index contributed by atoms with van der Waals surface area (Å²) in [5.74, 6) is 0.489. The average molecular weight is 298 g/mol. The molecule has 1 aliphatic rings. The summed E-state index contributed by atoms with van der Waals surface area (Å²) in [5.41, 5.74) is 0. The third-order valence-electron chi connectivity index (χ3n) is 3.48. The minimum Gasteiger partial charge on any atom is -0.306 e. The number of alkyl halides is 1. The Morgan fingerprint density at radius 1 is 1.22 bits per heavy atom. The Morgan fingerprint density at radius 3 is 2.22 bits per heavy atom. The molecule has 0 aliphatic carbocycles. The molecule has 0 amide bonds. The number of rotatable bonds is 6. The van der Waals surface area contributed by atoms with Crippen molar-refractivity contribution in [3.8, 4) is 0 Å². The number of nitrogens with zero attached hydrogens (tertiary/aromatic N) is 3. The zero-order valence-corrected chi connectivity index (χ0v) is 13.0. The SMILES string of the molecule is CN(C)C1CCN(S(=O)(=O)N(C)CCCCl)CC1. The van der Waals surface area contributed by atoms with Gasteiger partial charge in [0.15, 0.2) is 0 Å². The second-order valence-corrected chi connectivity index (χ2v) is 7.38. The van der Waals surface area contributed by atoms with E-state index in [9.17, 15) is 8.42 Å². The van der Waals surface area contributed by atoms with Gasteiger partial charge in [-0.15, -0.1) is 11.6 Å². The zero-order chi connectivity index (χ0) is 13.8. The molecule has 1 aliphatic heterocycles. The molecule has 0 bridgehead atoms. The standard InChI is InChI=1S/C11H24ClN3O2S/c1-13(2)11-5-9-15(10-6-11)18(16,17)14(3)8-4-7-12/h11H,4-10H2,1-3H3. The van der Waals surface area contributed by atoms with Crippen LogP contribution >= 0.6 is 11.6 Å². The third-order valence-corrected chi connectivity index (χ3v) is 5.74. The van der Waals surface area contributed by atoms with Crippen LogP contribution in [0.5, 0.6) is 0 Å². The summed E-state index contributed by atoms with van der Waals surface area (Å²) in [7, 11) is 2.42. The minimum absolute atomic E-state index is 0.486. The number of hydrogen-bond acceptors (Lipinski definition) is 3. The highest BCUT2D eigenvalue weighted by Crippen LogP contribution is 2.18. The van der Waals surface area contributed by atoms with Gasteiger partial charge in [0, 0.05) is 38.6 Å². The van der Waals surface area contributed by atoms with Crippen molar-refractivity contribution in [1.82, 2.24) is 13.5 Å². The quantitative estimate of drug-likeness (QED) is 0.682. The Hall–Kier alpha value is 0.120. The van der Waals surface area contributed by atoms with Crippen molar-refractivity contribution in [3.63, 3.8) is 0 Å². The van der Waals surface area contributed by atoms with E-state index < -0.39 is 10.2 Å². The summed E-state index contributed by atoms with van der Waals surface area (Å²) in [6.07, 6.45) is 2.48. The van der Waals surface area contributed by atoms with Crippen molar-refractivity contribution in [1.29, 1.82) is 0 Å². The predicted octanol–water partition coefficient (Wildman–Crippen LogP) is 0.818. The molecule has 0 aromatic carbocycles. The number of hydrogen-bond donors (Lipinski definition) is 0. The van der Waals surface area contributed by atoms with Crippen molar-refractivity contribution in [2.24, 2.45) is 0 Å². The van der Waals surface area contributed by atoms with E-state index in [1.54, 1.807) is 11.4 Å². The fourth-order valence-electron chi connectivity index (χ4n) is 2.18. The lowest BCUT2D eigenvalue weighted by molar-refractivity contribution is 0.191. The smallest absolute Gasteiger partial charge is 0.281 e. The van der Waals surface area contributed by atoms with Crippen molar-refractivity contribution in [2.45, 2.75) is 25.3 Å². The van der Waals surface area contributed by atoms with Gasteiger partial charge in [-0.3, -0.25) is 0 Å². The van der Waals surface area contributed by atoms with Gasteiger partial charge in [-0.2, -0.15) is 17.0 Å². The van der Waals surface area contributed by atoms with Gasteiger partial charge in [0.25, 0.3) is 10.2 Å². The maximum Gasteiger partial charge on any atom is 0.281 e. The monoisotopic (exact) mass is 297 g/mol. The first-order valence-corrected chi connectivity index (χ1v) is 8.26. The highest BCUT2D eigenvalue weighted by atomic mass is 35.5. The molecule has 0 saturated carbocycles. The van der Waals surface area contributed by atoms with E-state index in [1.165, 1.54) is 4.31 Å². The Balaban J connectivity index is 2.55. The van der Waals surface area contributed by atoms with Crippen LogP contribution in [0, 0.1) is 0 Å². The minimum atomic E-state index is -3.29. The first-order chi connectivity index (χ1) is 8.39. The summed E-state index contributed by atoms with van der Waals surface area (Å²) in [5, 5.41) is 0. The van der Waals surface area contributed by atoms with Gasteiger partial charge in [0.05, 0.1) is 0 Å². The molecule has 0 aromatic rings. The molecule has 0 aromatic heterocycles. The van der Waals surface area contributed by atoms with Gasteiger partial charge >= 0.3 is 0 Å². The maximum atomic E-state index is 12.3. The summed E-state index contributed by atoms with van der Waals surface area (Å²) in [6, 6.07) is 0.490. The highest BCUT2D eigenvalue weighted by molar-refractivity contribution is 7.86. The van der Waals surface area contributed by atoms with E-state index in [2.05, 4.69) is 4.90 Å².